The molecule has 0 aliphatic rings. The van der Waals surface area contributed by atoms with Gasteiger partial charge in [-0.05, 0) is 49.6 Å². The molecule has 0 radical (unpaired) electrons. The summed E-state index contributed by atoms with van der Waals surface area (Å²) in [6, 6.07) is 11.4. The second-order valence-electron chi connectivity index (χ2n) is 7.44. The van der Waals surface area contributed by atoms with Crippen LogP contribution < -0.4 is 15.4 Å². The molecule has 1 atom stereocenters. The first-order valence-corrected chi connectivity index (χ1v) is 11.6. The first-order valence-electron chi connectivity index (χ1n) is 10.6. The number of hydrogen-bond acceptors (Lipinski definition) is 7. The summed E-state index contributed by atoms with van der Waals surface area (Å²) in [6.07, 6.45) is 1.92. The van der Waals surface area contributed by atoms with E-state index in [0.29, 0.717) is 22.5 Å². The van der Waals surface area contributed by atoms with Crippen molar-refractivity contribution in [2.45, 2.75) is 45.0 Å². The van der Waals surface area contributed by atoms with Crippen LogP contribution in [0.5, 0.6) is 5.75 Å². The number of rotatable bonds is 10. The molecule has 2 amide bonds. The molecule has 0 aliphatic carbocycles. The Balaban J connectivity index is 1.47. The van der Waals surface area contributed by atoms with Gasteiger partial charge in [0.15, 0.2) is 17.1 Å². The Morgan fingerprint density at radius 3 is 2.64 bits per heavy atom. The minimum atomic E-state index is -0.654. The molecule has 0 unspecified atom stereocenters. The molecule has 0 saturated carbocycles. The molecular formula is C23H28N6O3S. The standard InChI is InChI=1S/C23H28N6O3S/c1-5-17-8-10-18(11-9-17)32-16(3)22(31)25-13-19-27-28-23(29(19)4)33-14-20(30)26-21-15(2)7-6-12-24-21/h6-12,16H,5,13-14H2,1-4H3,(H,25,31)(H,24,26,30)/t16-/m1/s1. The van der Waals surface area contributed by atoms with Gasteiger partial charge in [-0.25, -0.2) is 4.98 Å². The number of ether oxygens (including phenoxy) is 1. The monoisotopic (exact) mass is 468 g/mol. The minimum Gasteiger partial charge on any atom is -0.481 e. The molecule has 0 fully saturated rings. The maximum atomic E-state index is 12.4. The van der Waals surface area contributed by atoms with E-state index in [2.05, 4.69) is 32.7 Å². The van der Waals surface area contributed by atoms with Gasteiger partial charge in [-0.2, -0.15) is 0 Å². The predicted octanol–water partition coefficient (Wildman–Crippen LogP) is 2.90. The molecule has 0 aliphatic heterocycles. The topological polar surface area (TPSA) is 111 Å². The van der Waals surface area contributed by atoms with E-state index in [0.717, 1.165) is 12.0 Å². The molecule has 0 saturated heterocycles. The van der Waals surface area contributed by atoms with Crippen LogP contribution in [0.25, 0.3) is 0 Å². The average Bonchev–Trinajstić information content (AvgIpc) is 3.17. The zero-order valence-corrected chi connectivity index (χ0v) is 20.0. The van der Waals surface area contributed by atoms with E-state index in [4.69, 9.17) is 4.74 Å². The van der Waals surface area contributed by atoms with Crippen molar-refractivity contribution in [1.82, 2.24) is 25.1 Å². The van der Waals surface area contributed by atoms with Gasteiger partial charge in [0.2, 0.25) is 5.91 Å². The van der Waals surface area contributed by atoms with Crippen molar-refractivity contribution >= 4 is 29.4 Å². The first kappa shape index (κ1) is 24.2. The third-order valence-electron chi connectivity index (χ3n) is 4.96. The second kappa shape index (κ2) is 11.5. The molecule has 0 spiro atoms. The van der Waals surface area contributed by atoms with Crippen LogP contribution in [0, 0.1) is 6.92 Å². The van der Waals surface area contributed by atoms with E-state index in [-0.39, 0.29) is 24.1 Å². The fourth-order valence-electron chi connectivity index (χ4n) is 2.91. The van der Waals surface area contributed by atoms with E-state index in [1.54, 1.807) is 24.7 Å². The maximum Gasteiger partial charge on any atom is 0.261 e. The van der Waals surface area contributed by atoms with Crippen molar-refractivity contribution in [2.24, 2.45) is 7.05 Å². The summed E-state index contributed by atoms with van der Waals surface area (Å²) < 4.78 is 7.46. The molecule has 2 N–H and O–H groups in total. The predicted molar refractivity (Wildman–Crippen MR) is 127 cm³/mol. The molecule has 10 heteroatoms. The lowest BCUT2D eigenvalue weighted by Gasteiger charge is -2.15. The number of nitrogens with zero attached hydrogens (tertiary/aromatic N) is 4. The summed E-state index contributed by atoms with van der Waals surface area (Å²) in [5.41, 5.74) is 2.10. The highest BCUT2D eigenvalue weighted by atomic mass is 32.2. The largest absolute Gasteiger partial charge is 0.481 e. The van der Waals surface area contributed by atoms with E-state index in [1.165, 1.54) is 17.3 Å². The van der Waals surface area contributed by atoms with Crippen molar-refractivity contribution in [1.29, 1.82) is 0 Å². The van der Waals surface area contributed by atoms with Gasteiger partial charge in [0, 0.05) is 13.2 Å². The van der Waals surface area contributed by atoms with Crippen molar-refractivity contribution in [2.75, 3.05) is 11.1 Å². The van der Waals surface area contributed by atoms with E-state index in [1.807, 2.05) is 43.3 Å². The van der Waals surface area contributed by atoms with Crippen LogP contribution in [-0.4, -0.2) is 43.4 Å². The van der Waals surface area contributed by atoms with Crippen LogP contribution in [0.1, 0.15) is 30.8 Å². The van der Waals surface area contributed by atoms with E-state index >= 15 is 0 Å². The van der Waals surface area contributed by atoms with Gasteiger partial charge in [0.1, 0.15) is 11.6 Å². The molecule has 9 nitrogen and oxygen atoms in total. The molecule has 174 valence electrons. The van der Waals surface area contributed by atoms with Crippen molar-refractivity contribution < 1.29 is 14.3 Å². The van der Waals surface area contributed by atoms with Crippen LogP contribution >= 0.6 is 11.8 Å². The second-order valence-corrected chi connectivity index (χ2v) is 8.38. The Morgan fingerprint density at radius 1 is 1.18 bits per heavy atom. The van der Waals surface area contributed by atoms with E-state index in [9.17, 15) is 9.59 Å². The van der Waals surface area contributed by atoms with Crippen LogP contribution in [0.3, 0.4) is 0 Å². The number of thioether (sulfide) groups is 1. The quantitative estimate of drug-likeness (QED) is 0.440. The van der Waals surface area contributed by atoms with Crippen molar-refractivity contribution in [3.05, 3.63) is 59.5 Å². The zero-order chi connectivity index (χ0) is 23.8. The number of nitrogens with one attached hydrogen (secondary N) is 2. The van der Waals surface area contributed by atoms with Gasteiger partial charge in [-0.15, -0.1) is 10.2 Å². The van der Waals surface area contributed by atoms with Gasteiger partial charge in [0.25, 0.3) is 5.91 Å². The molecule has 3 aromatic rings. The van der Waals surface area contributed by atoms with Crippen LogP contribution in [0.2, 0.25) is 0 Å². The summed E-state index contributed by atoms with van der Waals surface area (Å²) in [7, 11) is 1.79. The lowest BCUT2D eigenvalue weighted by Crippen LogP contribution is -2.36. The summed E-state index contributed by atoms with van der Waals surface area (Å²) in [6.45, 7) is 5.86. The fraction of sp³-hybridized carbons (Fsp3) is 0.348. The number of hydrogen-bond donors (Lipinski definition) is 2. The third-order valence-corrected chi connectivity index (χ3v) is 5.98. The van der Waals surface area contributed by atoms with Gasteiger partial charge < -0.3 is 19.9 Å². The number of benzene rings is 1. The highest BCUT2D eigenvalue weighted by molar-refractivity contribution is 7.99. The Morgan fingerprint density at radius 2 is 1.94 bits per heavy atom. The van der Waals surface area contributed by atoms with Crippen LogP contribution in [0.4, 0.5) is 5.82 Å². The van der Waals surface area contributed by atoms with Gasteiger partial charge in [-0.3, -0.25) is 9.59 Å². The molecular weight excluding hydrogens is 440 g/mol. The van der Waals surface area contributed by atoms with Gasteiger partial charge in [0.05, 0.1) is 12.3 Å². The number of aryl methyl sites for hydroxylation is 2. The number of aromatic nitrogens is 4. The molecule has 1 aromatic carbocycles. The van der Waals surface area contributed by atoms with Crippen LogP contribution in [0.15, 0.2) is 47.8 Å². The Labute approximate surface area is 197 Å². The molecule has 2 heterocycles. The molecule has 33 heavy (non-hydrogen) atoms. The lowest BCUT2D eigenvalue weighted by molar-refractivity contribution is -0.127. The molecule has 3 rings (SSSR count). The fourth-order valence-corrected chi connectivity index (χ4v) is 3.64. The summed E-state index contributed by atoms with van der Waals surface area (Å²) in [5.74, 6) is 1.49. The summed E-state index contributed by atoms with van der Waals surface area (Å²) >= 11 is 1.26. The number of pyridine rings is 1. The normalized spacial score (nSPS) is 11.6. The maximum absolute atomic E-state index is 12.4. The van der Waals surface area contributed by atoms with Gasteiger partial charge in [-0.1, -0.05) is 36.9 Å². The Bertz CT molecular complexity index is 1100. The summed E-state index contributed by atoms with van der Waals surface area (Å²) in [4.78, 5) is 28.8. The van der Waals surface area contributed by atoms with Gasteiger partial charge >= 0.3 is 0 Å². The van der Waals surface area contributed by atoms with E-state index < -0.39 is 6.10 Å². The zero-order valence-electron chi connectivity index (χ0n) is 19.2. The number of anilines is 1. The lowest BCUT2D eigenvalue weighted by atomic mass is 10.2. The highest BCUT2D eigenvalue weighted by Crippen LogP contribution is 2.17. The third kappa shape index (κ3) is 6.79. The van der Waals surface area contributed by atoms with Crippen LogP contribution in [-0.2, 0) is 29.6 Å². The Kier molecular flexibility index (Phi) is 8.42. The highest BCUT2D eigenvalue weighted by Gasteiger charge is 2.17. The molecule has 0 bridgehead atoms. The first-order chi connectivity index (χ1) is 15.9. The number of carbonyl (C=O) groups is 2. The molecule has 2 aromatic heterocycles. The summed E-state index contributed by atoms with van der Waals surface area (Å²) in [5, 5.41) is 14.4. The minimum absolute atomic E-state index is 0.163. The van der Waals surface area contributed by atoms with Crippen molar-refractivity contribution in [3.63, 3.8) is 0 Å². The SMILES string of the molecule is CCc1ccc(O[C@H](C)C(=O)NCc2nnc(SCC(=O)Nc3ncccc3C)n2C)cc1. The average molecular weight is 469 g/mol. The Hall–Kier alpha value is -3.40. The number of carbonyl (C=O) groups excluding carboxylic acids is 2. The smallest absolute Gasteiger partial charge is 0.261 e. The van der Waals surface area contributed by atoms with Crippen molar-refractivity contribution in [3.8, 4) is 5.75 Å². The number of amides is 2.